The molecule has 0 amide bonds. The summed E-state index contributed by atoms with van der Waals surface area (Å²) in [4.78, 5) is 33.8. The van der Waals surface area contributed by atoms with E-state index in [1.807, 2.05) is 158 Å². The Labute approximate surface area is 277 Å². The van der Waals surface area contributed by atoms with Crippen LogP contribution in [0.15, 0.2) is 164 Å². The van der Waals surface area contributed by atoms with Crippen molar-refractivity contribution in [2.45, 2.75) is 0 Å². The van der Waals surface area contributed by atoms with Crippen LogP contribution in [0, 0.1) is 0 Å². The van der Waals surface area contributed by atoms with Gasteiger partial charge >= 0.3 is 0 Å². The molecule has 0 aliphatic heterocycles. The zero-order valence-electron chi connectivity index (χ0n) is 25.7. The summed E-state index contributed by atoms with van der Waals surface area (Å²) in [5.41, 5.74) is 7.18. The summed E-state index contributed by atoms with van der Waals surface area (Å²) >= 11 is 0. The van der Waals surface area contributed by atoms with Gasteiger partial charge in [-0.15, -0.1) is 0 Å². The maximum absolute atomic E-state index is 4.88. The molecule has 0 fully saturated rings. The third kappa shape index (κ3) is 6.08. The van der Waals surface area contributed by atoms with E-state index in [0.717, 1.165) is 44.6 Å². The van der Waals surface area contributed by atoms with Gasteiger partial charge in [-0.3, -0.25) is 4.98 Å². The van der Waals surface area contributed by atoms with E-state index >= 15 is 0 Å². The van der Waals surface area contributed by atoms with Gasteiger partial charge in [0, 0.05) is 45.1 Å². The monoisotopic (exact) mass is 617 g/mol. The van der Waals surface area contributed by atoms with Crippen molar-refractivity contribution in [3.63, 3.8) is 0 Å². The molecule has 7 nitrogen and oxygen atoms in total. The topological polar surface area (TPSA) is 90.2 Å². The van der Waals surface area contributed by atoms with Gasteiger partial charge in [-0.2, -0.15) is 0 Å². The molecular formula is C41H27N7. The van der Waals surface area contributed by atoms with Crippen LogP contribution >= 0.6 is 0 Å². The fourth-order valence-electron chi connectivity index (χ4n) is 5.39. The van der Waals surface area contributed by atoms with Crippen LogP contribution in [0.25, 0.3) is 79.6 Å². The second kappa shape index (κ2) is 12.9. The number of hydrogen-bond acceptors (Lipinski definition) is 7. The van der Waals surface area contributed by atoms with E-state index in [-0.39, 0.29) is 0 Å². The summed E-state index contributed by atoms with van der Waals surface area (Å²) in [6.45, 7) is 0. The smallest absolute Gasteiger partial charge is 0.164 e. The van der Waals surface area contributed by atoms with E-state index in [2.05, 4.69) is 0 Å². The lowest BCUT2D eigenvalue weighted by atomic mass is 10.1. The third-order valence-corrected chi connectivity index (χ3v) is 7.86. The summed E-state index contributed by atoms with van der Waals surface area (Å²) < 4.78 is 0. The van der Waals surface area contributed by atoms with Crippen molar-refractivity contribution in [1.82, 2.24) is 34.9 Å². The Balaban J connectivity index is 1.16. The second-order valence-electron chi connectivity index (χ2n) is 11.1. The Morgan fingerprint density at radius 2 is 0.542 bits per heavy atom. The first-order valence-corrected chi connectivity index (χ1v) is 15.6. The number of nitrogens with zero attached hydrogens (tertiary/aromatic N) is 7. The average molecular weight is 618 g/mol. The lowest BCUT2D eigenvalue weighted by molar-refractivity contribution is 1.07. The van der Waals surface area contributed by atoms with Crippen LogP contribution in [0.2, 0.25) is 0 Å². The SMILES string of the molecule is c1ccc(-c2nc(-c3ccccc3)nc(-c3ccc(-c4cc(-c5nc(-c6ccccc6)nc(-c6ccccc6)n5)ccn4)cc3)n2)cc1. The van der Waals surface area contributed by atoms with Gasteiger partial charge in [-0.05, 0) is 12.1 Å². The molecule has 0 radical (unpaired) electrons. The number of rotatable bonds is 7. The molecule has 0 N–H and O–H groups in total. The quantitative estimate of drug-likeness (QED) is 0.176. The zero-order valence-corrected chi connectivity index (χ0v) is 25.7. The molecule has 0 aliphatic carbocycles. The molecule has 8 rings (SSSR count). The van der Waals surface area contributed by atoms with E-state index in [1.54, 1.807) is 6.20 Å². The first-order chi connectivity index (χ1) is 23.8. The van der Waals surface area contributed by atoms with Crippen molar-refractivity contribution in [3.05, 3.63) is 164 Å². The Hall–Kier alpha value is -6.73. The number of hydrogen-bond donors (Lipinski definition) is 0. The summed E-state index contributed by atoms with van der Waals surface area (Å²) in [6.07, 6.45) is 1.79. The van der Waals surface area contributed by atoms with Gasteiger partial charge < -0.3 is 0 Å². The van der Waals surface area contributed by atoms with Crippen molar-refractivity contribution < 1.29 is 0 Å². The first-order valence-electron chi connectivity index (χ1n) is 15.6. The molecule has 0 atom stereocenters. The molecule has 0 saturated heterocycles. The lowest BCUT2D eigenvalue weighted by Gasteiger charge is -2.10. The lowest BCUT2D eigenvalue weighted by Crippen LogP contribution is -2.00. The molecule has 48 heavy (non-hydrogen) atoms. The van der Waals surface area contributed by atoms with Gasteiger partial charge in [0.05, 0.1) is 5.69 Å². The highest BCUT2D eigenvalue weighted by Crippen LogP contribution is 2.29. The van der Waals surface area contributed by atoms with Crippen LogP contribution in [0.3, 0.4) is 0 Å². The minimum atomic E-state index is 0.579. The minimum absolute atomic E-state index is 0.579. The molecular weight excluding hydrogens is 591 g/mol. The maximum atomic E-state index is 4.88. The van der Waals surface area contributed by atoms with Gasteiger partial charge in [-0.25, -0.2) is 29.9 Å². The highest BCUT2D eigenvalue weighted by molar-refractivity contribution is 5.73. The first kappa shape index (κ1) is 28.7. The van der Waals surface area contributed by atoms with E-state index in [1.165, 1.54) is 0 Å². The highest BCUT2D eigenvalue weighted by atomic mass is 15.0. The zero-order chi connectivity index (χ0) is 32.1. The molecule has 0 unspecified atom stereocenters. The number of aromatic nitrogens is 7. The van der Waals surface area contributed by atoms with Crippen LogP contribution in [0.1, 0.15) is 0 Å². The molecule has 0 aliphatic rings. The van der Waals surface area contributed by atoms with Gasteiger partial charge in [0.25, 0.3) is 0 Å². The molecule has 3 heterocycles. The van der Waals surface area contributed by atoms with Crippen molar-refractivity contribution in [2.24, 2.45) is 0 Å². The standard InChI is InChI=1S/C41H27N7/c1-5-13-29(14-6-1)36-43-37(30-15-7-2-8-16-30)46-40(45-36)33-23-21-28(22-24-33)35-27-34(25-26-42-35)41-47-38(31-17-9-3-10-18-31)44-39(48-41)32-19-11-4-12-20-32/h1-27H. The molecule has 8 aromatic rings. The van der Waals surface area contributed by atoms with E-state index in [9.17, 15) is 0 Å². The van der Waals surface area contributed by atoms with Crippen molar-refractivity contribution in [1.29, 1.82) is 0 Å². The number of benzene rings is 5. The Morgan fingerprint density at radius 1 is 0.250 bits per heavy atom. The van der Waals surface area contributed by atoms with Gasteiger partial charge in [0.2, 0.25) is 0 Å². The Bertz CT molecular complexity index is 2200. The largest absolute Gasteiger partial charge is 0.256 e. The molecule has 3 aromatic heterocycles. The Morgan fingerprint density at radius 3 is 0.896 bits per heavy atom. The van der Waals surface area contributed by atoms with Crippen LogP contribution in [-0.4, -0.2) is 34.9 Å². The van der Waals surface area contributed by atoms with Crippen LogP contribution < -0.4 is 0 Å². The summed E-state index contributed by atoms with van der Waals surface area (Å²) in [6, 6.07) is 51.9. The van der Waals surface area contributed by atoms with Crippen molar-refractivity contribution >= 4 is 0 Å². The van der Waals surface area contributed by atoms with E-state index in [0.29, 0.717) is 34.9 Å². The van der Waals surface area contributed by atoms with Gasteiger partial charge in [-0.1, -0.05) is 146 Å². The third-order valence-electron chi connectivity index (χ3n) is 7.86. The maximum Gasteiger partial charge on any atom is 0.164 e. The molecule has 0 bridgehead atoms. The van der Waals surface area contributed by atoms with Gasteiger partial charge in [0.1, 0.15) is 0 Å². The van der Waals surface area contributed by atoms with Crippen LogP contribution in [-0.2, 0) is 0 Å². The summed E-state index contributed by atoms with van der Waals surface area (Å²) in [7, 11) is 0. The highest BCUT2D eigenvalue weighted by Gasteiger charge is 2.15. The van der Waals surface area contributed by atoms with Crippen LogP contribution in [0.5, 0.6) is 0 Å². The van der Waals surface area contributed by atoms with Crippen molar-refractivity contribution in [3.8, 4) is 79.6 Å². The molecule has 7 heteroatoms. The summed E-state index contributed by atoms with van der Waals surface area (Å²) in [5, 5.41) is 0. The molecule has 5 aromatic carbocycles. The van der Waals surface area contributed by atoms with E-state index in [4.69, 9.17) is 34.9 Å². The minimum Gasteiger partial charge on any atom is -0.256 e. The van der Waals surface area contributed by atoms with Gasteiger partial charge in [0.15, 0.2) is 34.9 Å². The number of pyridine rings is 1. The predicted molar refractivity (Wildman–Crippen MR) is 189 cm³/mol. The fraction of sp³-hybridized carbons (Fsp3) is 0. The second-order valence-corrected chi connectivity index (χ2v) is 11.1. The summed E-state index contributed by atoms with van der Waals surface area (Å²) in [5.74, 6) is 3.66. The average Bonchev–Trinajstić information content (AvgIpc) is 3.19. The molecule has 0 saturated carbocycles. The van der Waals surface area contributed by atoms with Crippen molar-refractivity contribution in [2.75, 3.05) is 0 Å². The fourth-order valence-corrected chi connectivity index (χ4v) is 5.39. The van der Waals surface area contributed by atoms with E-state index < -0.39 is 0 Å². The van der Waals surface area contributed by atoms with Crippen LogP contribution in [0.4, 0.5) is 0 Å². The normalized spacial score (nSPS) is 10.9. The molecule has 0 spiro atoms. The molecule has 226 valence electrons. The predicted octanol–water partition coefficient (Wildman–Crippen LogP) is 9.12. The Kier molecular flexibility index (Phi) is 7.74.